The summed E-state index contributed by atoms with van der Waals surface area (Å²) < 4.78 is 5.59. The highest BCUT2D eigenvalue weighted by Crippen LogP contribution is 2.40. The number of imidazole rings is 2. The molecule has 1 fully saturated rings. The third-order valence-corrected chi connectivity index (χ3v) is 7.04. The van der Waals surface area contributed by atoms with E-state index in [1.54, 1.807) is 29.5 Å². The van der Waals surface area contributed by atoms with Gasteiger partial charge in [0, 0.05) is 42.7 Å². The average Bonchev–Trinajstić information content (AvgIpc) is 3.28. The molecule has 196 valence electrons. The number of rotatable bonds is 10. The Morgan fingerprint density at radius 2 is 1.92 bits per heavy atom. The van der Waals surface area contributed by atoms with E-state index in [9.17, 15) is 9.59 Å². The fourth-order valence-electron chi connectivity index (χ4n) is 4.73. The molecule has 9 nitrogen and oxygen atoms in total. The molecular weight excluding hydrogens is 504 g/mol. The molecule has 1 saturated carbocycles. The average molecular weight is 533 g/mol. The van der Waals surface area contributed by atoms with E-state index in [-0.39, 0.29) is 19.6 Å². The molecule has 5 aromatic heterocycles. The van der Waals surface area contributed by atoms with Crippen molar-refractivity contribution >= 4 is 34.5 Å². The number of pyridine rings is 2. The fourth-order valence-corrected chi connectivity index (χ4v) is 4.89. The molecule has 1 N–H and O–H groups in total. The Morgan fingerprint density at radius 3 is 2.71 bits per heavy atom. The number of aliphatic carboxylic acids is 1. The van der Waals surface area contributed by atoms with Crippen molar-refractivity contribution in [2.45, 2.75) is 58.4 Å². The van der Waals surface area contributed by atoms with Crippen LogP contribution >= 0.6 is 11.6 Å². The number of carbonyl (C=O) groups is 2. The molecule has 0 aliphatic heterocycles. The number of carbonyl (C=O) groups excluding carboxylic acids is 1. The van der Waals surface area contributed by atoms with Crippen molar-refractivity contribution in [2.24, 2.45) is 0 Å². The number of ketones is 1. The lowest BCUT2D eigenvalue weighted by Crippen LogP contribution is -2.02. The topological polar surface area (TPSA) is 107 Å². The van der Waals surface area contributed by atoms with Crippen LogP contribution in [0.1, 0.15) is 71.9 Å². The number of aryl methyl sites for hydroxylation is 2. The van der Waals surface area contributed by atoms with Crippen LogP contribution in [-0.2, 0) is 24.2 Å². The van der Waals surface area contributed by atoms with Crippen LogP contribution in [0.3, 0.4) is 0 Å². The highest BCUT2D eigenvalue weighted by atomic mass is 35.5. The van der Waals surface area contributed by atoms with E-state index in [4.69, 9.17) is 21.7 Å². The molecule has 10 heteroatoms. The van der Waals surface area contributed by atoms with E-state index in [2.05, 4.69) is 22.3 Å². The second-order valence-corrected chi connectivity index (χ2v) is 10.0. The van der Waals surface area contributed by atoms with Gasteiger partial charge in [0.15, 0.2) is 5.78 Å². The lowest BCUT2D eigenvalue weighted by Gasteiger charge is -2.06. The summed E-state index contributed by atoms with van der Waals surface area (Å²) in [5.74, 6) is -0.273. The molecule has 0 saturated heterocycles. The maximum Gasteiger partial charge on any atom is 0.303 e. The molecule has 1 aliphatic carbocycles. The Bertz CT molecular complexity index is 1650. The molecule has 0 aromatic carbocycles. The molecule has 5 aromatic rings. The summed E-state index contributed by atoms with van der Waals surface area (Å²) in [5.41, 5.74) is 6.03. The minimum absolute atomic E-state index is 0. The van der Waals surface area contributed by atoms with Crippen molar-refractivity contribution in [1.82, 2.24) is 28.5 Å². The highest BCUT2D eigenvalue weighted by Gasteiger charge is 2.25. The number of aromatic nitrogens is 6. The van der Waals surface area contributed by atoms with E-state index in [0.29, 0.717) is 42.3 Å². The first-order valence-corrected chi connectivity index (χ1v) is 12.7. The van der Waals surface area contributed by atoms with Crippen LogP contribution in [0, 0.1) is 0 Å². The molecule has 6 rings (SSSR count). The largest absolute Gasteiger partial charge is 0.481 e. The maximum absolute atomic E-state index is 12.8. The smallest absolute Gasteiger partial charge is 0.303 e. The van der Waals surface area contributed by atoms with Crippen molar-refractivity contribution in [1.29, 1.82) is 0 Å². The first-order chi connectivity index (χ1) is 17.9. The third kappa shape index (κ3) is 5.33. The third-order valence-electron chi connectivity index (χ3n) is 6.80. The maximum atomic E-state index is 12.8. The van der Waals surface area contributed by atoms with Gasteiger partial charge < -0.3 is 13.9 Å². The number of halogens is 1. The van der Waals surface area contributed by atoms with Crippen LogP contribution in [0.4, 0.5) is 0 Å². The zero-order chi connectivity index (χ0) is 25.5. The number of nitrogens with zero attached hydrogens (tertiary/aromatic N) is 6. The summed E-state index contributed by atoms with van der Waals surface area (Å²) in [7, 11) is 0. The lowest BCUT2D eigenvalue weighted by molar-refractivity contribution is -0.136. The Hall–Kier alpha value is -3.98. The van der Waals surface area contributed by atoms with Crippen LogP contribution in [0.15, 0.2) is 55.5 Å². The van der Waals surface area contributed by atoms with Crippen molar-refractivity contribution in [2.75, 3.05) is 0 Å². The normalized spacial score (nSPS) is 13.2. The molecule has 5 heterocycles. The molecule has 0 unspecified atom stereocenters. The van der Waals surface area contributed by atoms with E-state index in [0.717, 1.165) is 28.1 Å². The second-order valence-electron chi connectivity index (χ2n) is 9.61. The van der Waals surface area contributed by atoms with Crippen LogP contribution in [-0.4, -0.2) is 45.4 Å². The van der Waals surface area contributed by atoms with Crippen molar-refractivity contribution in [3.8, 4) is 0 Å². The zero-order valence-corrected chi connectivity index (χ0v) is 20.8. The minimum Gasteiger partial charge on any atom is -0.481 e. The van der Waals surface area contributed by atoms with Gasteiger partial charge in [-0.15, -0.1) is 0 Å². The highest BCUT2D eigenvalue weighted by molar-refractivity contribution is 6.30. The molecule has 0 amide bonds. The van der Waals surface area contributed by atoms with Crippen molar-refractivity contribution in [3.05, 3.63) is 88.6 Å². The Morgan fingerprint density at radius 1 is 1.08 bits per heavy atom. The zero-order valence-electron chi connectivity index (χ0n) is 20.0. The second kappa shape index (κ2) is 10.4. The SMILES string of the molecule is C.O=C(O)CCc1cc(C2CC2)cn2cc(Cn3cc(C(=O)CCc4ncn5ccc(Cl)cc45)cn3)nc12. The van der Waals surface area contributed by atoms with Gasteiger partial charge in [0.2, 0.25) is 0 Å². The summed E-state index contributed by atoms with van der Waals surface area (Å²) >= 11 is 6.11. The first kappa shape index (κ1) is 25.7. The monoisotopic (exact) mass is 532 g/mol. The van der Waals surface area contributed by atoms with Gasteiger partial charge >= 0.3 is 5.97 Å². The van der Waals surface area contributed by atoms with Gasteiger partial charge in [0.25, 0.3) is 0 Å². The molecule has 0 bridgehead atoms. The molecular formula is C28H29ClN6O3. The van der Waals surface area contributed by atoms with E-state index in [1.807, 2.05) is 27.3 Å². The molecule has 0 radical (unpaired) electrons. The van der Waals surface area contributed by atoms with Crippen LogP contribution in [0.25, 0.3) is 11.2 Å². The number of Topliss-reactive ketones (excluding diaryl/α,β-unsaturated/α-hetero) is 1. The van der Waals surface area contributed by atoms with Crippen molar-refractivity contribution in [3.63, 3.8) is 0 Å². The number of carboxylic acid groups (broad SMARTS) is 1. The molecule has 0 atom stereocenters. The fraction of sp³-hybridized carbons (Fsp3) is 0.321. The van der Waals surface area contributed by atoms with Crippen LogP contribution in [0.5, 0.6) is 0 Å². The van der Waals surface area contributed by atoms with Crippen molar-refractivity contribution < 1.29 is 14.7 Å². The van der Waals surface area contributed by atoms with E-state index < -0.39 is 5.97 Å². The van der Waals surface area contributed by atoms with Gasteiger partial charge in [-0.25, -0.2) is 9.97 Å². The van der Waals surface area contributed by atoms with Crippen LogP contribution in [0.2, 0.25) is 5.02 Å². The van der Waals surface area contributed by atoms with Gasteiger partial charge in [-0.05, 0) is 54.9 Å². The van der Waals surface area contributed by atoms with Gasteiger partial charge in [-0.2, -0.15) is 5.10 Å². The van der Waals surface area contributed by atoms with Gasteiger partial charge in [-0.1, -0.05) is 25.1 Å². The Balaban J connectivity index is 0.00000294. The summed E-state index contributed by atoms with van der Waals surface area (Å²) in [6, 6.07) is 5.75. The molecule has 1 aliphatic rings. The summed E-state index contributed by atoms with van der Waals surface area (Å²) in [6.45, 7) is 0.413. The predicted octanol–water partition coefficient (Wildman–Crippen LogP) is 5.23. The quantitative estimate of drug-likeness (QED) is 0.247. The van der Waals surface area contributed by atoms with Gasteiger partial charge in [0.1, 0.15) is 5.65 Å². The van der Waals surface area contributed by atoms with E-state index in [1.165, 1.54) is 18.4 Å². The Kier molecular flexibility index (Phi) is 7.03. The van der Waals surface area contributed by atoms with E-state index >= 15 is 0 Å². The predicted molar refractivity (Wildman–Crippen MR) is 144 cm³/mol. The van der Waals surface area contributed by atoms with Gasteiger partial charge in [0.05, 0.1) is 41.5 Å². The lowest BCUT2D eigenvalue weighted by atomic mass is 10.1. The summed E-state index contributed by atoms with van der Waals surface area (Å²) in [4.78, 5) is 33.2. The summed E-state index contributed by atoms with van der Waals surface area (Å²) in [5, 5.41) is 14.2. The Labute approximate surface area is 224 Å². The first-order valence-electron chi connectivity index (χ1n) is 12.3. The number of hydrogen-bond acceptors (Lipinski definition) is 5. The summed E-state index contributed by atoms with van der Waals surface area (Å²) in [6.07, 6.45) is 14.6. The van der Waals surface area contributed by atoms with Crippen LogP contribution < -0.4 is 0 Å². The standard InChI is InChI=1S/C27H25ClN6O3.CH4/c28-21-7-8-32-16-29-23(24(32)10-21)4-5-25(35)20-11-30-34(13-20)15-22-14-33-12-19(17-1-2-17)9-18(27(33)31-22)3-6-26(36)37;/h7-14,16-17H,1-6,15H2,(H,36,37);1H4. The number of hydrogen-bond donors (Lipinski definition) is 1. The number of fused-ring (bicyclic) bond motifs is 2. The number of carboxylic acids is 1. The molecule has 38 heavy (non-hydrogen) atoms. The molecule has 0 spiro atoms. The minimum atomic E-state index is -0.819. The van der Waals surface area contributed by atoms with Gasteiger partial charge in [-0.3, -0.25) is 14.3 Å².